The van der Waals surface area contributed by atoms with Crippen LogP contribution in [0.5, 0.6) is 0 Å². The highest BCUT2D eigenvalue weighted by atomic mass is 16.1. The first-order valence-corrected chi connectivity index (χ1v) is 17.3. The first kappa shape index (κ1) is 36.9. The van der Waals surface area contributed by atoms with Gasteiger partial charge in [-0.05, 0) is 70.6 Å². The summed E-state index contributed by atoms with van der Waals surface area (Å²) in [6.07, 6.45) is 49.5. The Bertz CT molecular complexity index is 541. The van der Waals surface area contributed by atoms with E-state index in [9.17, 15) is 4.79 Å². The Balaban J connectivity index is 3.26. The van der Waals surface area contributed by atoms with E-state index >= 15 is 0 Å². The topological polar surface area (TPSA) is 17.1 Å². The minimum absolute atomic E-state index is 0.505. The summed E-state index contributed by atoms with van der Waals surface area (Å²) in [5.41, 5.74) is 0. The van der Waals surface area contributed by atoms with Crippen LogP contribution in [0.15, 0.2) is 36.5 Å². The number of hydrogen-bond acceptors (Lipinski definition) is 1. The molecule has 0 aliphatic heterocycles. The van der Waals surface area contributed by atoms with Crippen molar-refractivity contribution in [3.63, 3.8) is 0 Å². The normalized spacial score (nSPS) is 12.1. The smallest absolute Gasteiger partial charge is 0.132 e. The Morgan fingerprint density at radius 2 is 0.658 bits per heavy atom. The monoisotopic (exact) mass is 529 g/mol. The summed E-state index contributed by atoms with van der Waals surface area (Å²) in [5.74, 6) is 0.505. The van der Waals surface area contributed by atoms with Gasteiger partial charge in [0.05, 0.1) is 0 Å². The average molecular weight is 529 g/mol. The van der Waals surface area contributed by atoms with Gasteiger partial charge in [-0.3, -0.25) is 4.79 Å². The summed E-state index contributed by atoms with van der Waals surface area (Å²) in [4.78, 5) is 12.1. The van der Waals surface area contributed by atoms with Crippen LogP contribution in [0.25, 0.3) is 0 Å². The zero-order valence-electron chi connectivity index (χ0n) is 26.2. The van der Waals surface area contributed by atoms with Crippen LogP contribution >= 0.6 is 0 Å². The van der Waals surface area contributed by atoms with E-state index in [4.69, 9.17) is 0 Å². The molecule has 222 valence electrons. The molecular weight excluding hydrogens is 460 g/mol. The molecule has 0 rings (SSSR count). The van der Waals surface area contributed by atoms with E-state index in [-0.39, 0.29) is 0 Å². The number of ketones is 1. The Morgan fingerprint density at radius 1 is 0.368 bits per heavy atom. The fraction of sp³-hybridized carbons (Fsp3) is 0.811. The lowest BCUT2D eigenvalue weighted by molar-refractivity contribution is -0.119. The van der Waals surface area contributed by atoms with E-state index in [0.717, 1.165) is 32.1 Å². The van der Waals surface area contributed by atoms with Crippen LogP contribution in [-0.2, 0) is 4.79 Å². The molecule has 0 unspecified atom stereocenters. The van der Waals surface area contributed by atoms with E-state index < -0.39 is 0 Å². The van der Waals surface area contributed by atoms with Crippen LogP contribution in [0.3, 0.4) is 0 Å². The second kappa shape index (κ2) is 33.9. The highest BCUT2D eigenvalue weighted by molar-refractivity contribution is 5.78. The van der Waals surface area contributed by atoms with E-state index in [1.165, 1.54) is 148 Å². The predicted molar refractivity (Wildman–Crippen MR) is 173 cm³/mol. The lowest BCUT2D eigenvalue weighted by atomic mass is 10.0. The average Bonchev–Trinajstić information content (AvgIpc) is 2.92. The molecule has 0 aliphatic rings. The van der Waals surface area contributed by atoms with E-state index in [0.29, 0.717) is 5.78 Å². The third-order valence-corrected chi connectivity index (χ3v) is 7.62. The fourth-order valence-corrected chi connectivity index (χ4v) is 5.01. The Hall–Kier alpha value is -1.11. The van der Waals surface area contributed by atoms with Crippen LogP contribution in [0, 0.1) is 0 Å². The molecule has 1 nitrogen and oxygen atoms in total. The van der Waals surface area contributed by atoms with Gasteiger partial charge >= 0.3 is 0 Å². The molecule has 0 heterocycles. The number of carbonyl (C=O) groups is 1. The maximum Gasteiger partial charge on any atom is 0.132 e. The van der Waals surface area contributed by atoms with Crippen molar-refractivity contribution in [1.29, 1.82) is 0 Å². The van der Waals surface area contributed by atoms with Gasteiger partial charge in [-0.2, -0.15) is 0 Å². The number of rotatable bonds is 31. The van der Waals surface area contributed by atoms with Gasteiger partial charge in [0.25, 0.3) is 0 Å². The Morgan fingerprint density at radius 3 is 1.08 bits per heavy atom. The van der Waals surface area contributed by atoms with Crippen LogP contribution in [0.1, 0.15) is 194 Å². The van der Waals surface area contributed by atoms with E-state index in [2.05, 4.69) is 50.3 Å². The lowest BCUT2D eigenvalue weighted by Gasteiger charge is -2.03. The maximum absolute atomic E-state index is 12.1. The molecule has 0 bridgehead atoms. The molecule has 0 radical (unpaired) electrons. The van der Waals surface area contributed by atoms with Gasteiger partial charge in [0.15, 0.2) is 0 Å². The molecule has 0 saturated carbocycles. The molecule has 0 amide bonds. The Kier molecular flexibility index (Phi) is 32.9. The standard InChI is InChI=1S/C37H68O/c1-3-5-7-9-11-13-15-17-19-21-23-25-27-29-31-33-35-37(38)36-34-32-30-28-26-24-22-20-18-16-14-12-10-8-6-4-2/h11,13,17-20H,3-10,12,14-16,21-36H2,1-2H3/b13-11+,19-17+,20-18+. The van der Waals surface area contributed by atoms with Gasteiger partial charge < -0.3 is 0 Å². The molecule has 1 heteroatoms. The minimum atomic E-state index is 0.505. The second-order valence-electron chi connectivity index (χ2n) is 11.6. The summed E-state index contributed by atoms with van der Waals surface area (Å²) in [6, 6.07) is 0. The van der Waals surface area contributed by atoms with E-state index in [1.54, 1.807) is 0 Å². The molecular formula is C37H68O. The minimum Gasteiger partial charge on any atom is -0.300 e. The number of allylic oxidation sites excluding steroid dienone is 6. The maximum atomic E-state index is 12.1. The lowest BCUT2D eigenvalue weighted by Crippen LogP contribution is -1.97. The number of carbonyl (C=O) groups excluding carboxylic acids is 1. The highest BCUT2D eigenvalue weighted by Crippen LogP contribution is 2.13. The molecule has 0 atom stereocenters. The number of Topliss-reactive ketones (excluding diaryl/α,β-unsaturated/α-hetero) is 1. The third-order valence-electron chi connectivity index (χ3n) is 7.62. The molecule has 0 N–H and O–H groups in total. The first-order chi connectivity index (χ1) is 18.8. The fourth-order valence-electron chi connectivity index (χ4n) is 5.01. The quantitative estimate of drug-likeness (QED) is 0.0645. The van der Waals surface area contributed by atoms with Crippen molar-refractivity contribution in [3.05, 3.63) is 36.5 Å². The molecule has 0 aromatic carbocycles. The summed E-state index contributed by atoms with van der Waals surface area (Å²) in [7, 11) is 0. The van der Waals surface area contributed by atoms with Crippen LogP contribution in [0.2, 0.25) is 0 Å². The predicted octanol–water partition coefficient (Wildman–Crippen LogP) is 13.2. The highest BCUT2D eigenvalue weighted by Gasteiger charge is 2.02. The zero-order chi connectivity index (χ0) is 27.6. The largest absolute Gasteiger partial charge is 0.300 e. The summed E-state index contributed by atoms with van der Waals surface area (Å²) >= 11 is 0. The van der Waals surface area contributed by atoms with Gasteiger partial charge in [0.2, 0.25) is 0 Å². The molecule has 0 fully saturated rings. The van der Waals surface area contributed by atoms with Gasteiger partial charge in [-0.1, -0.05) is 147 Å². The molecule has 0 aromatic rings. The SMILES string of the molecule is CCCCC/C=C/C/C=C/CCCCCCCCC(=O)CCCCCCCC/C=C/CCCCCCCC. The molecule has 0 spiro atoms. The van der Waals surface area contributed by atoms with Gasteiger partial charge in [-0.15, -0.1) is 0 Å². The van der Waals surface area contributed by atoms with Crippen molar-refractivity contribution in [2.75, 3.05) is 0 Å². The van der Waals surface area contributed by atoms with Crippen molar-refractivity contribution in [2.45, 2.75) is 194 Å². The zero-order valence-corrected chi connectivity index (χ0v) is 26.2. The number of hydrogen-bond donors (Lipinski definition) is 0. The van der Waals surface area contributed by atoms with Crippen molar-refractivity contribution in [2.24, 2.45) is 0 Å². The molecule has 38 heavy (non-hydrogen) atoms. The third kappa shape index (κ3) is 32.9. The first-order valence-electron chi connectivity index (χ1n) is 17.3. The molecule has 0 aliphatic carbocycles. The summed E-state index contributed by atoms with van der Waals surface area (Å²) < 4.78 is 0. The number of unbranched alkanes of at least 4 members (excludes halogenated alkanes) is 21. The van der Waals surface area contributed by atoms with Gasteiger partial charge in [0, 0.05) is 12.8 Å². The van der Waals surface area contributed by atoms with Crippen molar-refractivity contribution in [3.8, 4) is 0 Å². The molecule has 0 saturated heterocycles. The second-order valence-corrected chi connectivity index (χ2v) is 11.6. The van der Waals surface area contributed by atoms with Crippen molar-refractivity contribution >= 4 is 5.78 Å². The summed E-state index contributed by atoms with van der Waals surface area (Å²) in [6.45, 7) is 4.54. The van der Waals surface area contributed by atoms with Crippen LogP contribution in [0.4, 0.5) is 0 Å². The van der Waals surface area contributed by atoms with Crippen LogP contribution < -0.4 is 0 Å². The Labute approximate surface area is 240 Å². The van der Waals surface area contributed by atoms with E-state index in [1.807, 2.05) is 0 Å². The van der Waals surface area contributed by atoms with Crippen LogP contribution in [-0.4, -0.2) is 5.78 Å². The van der Waals surface area contributed by atoms with Gasteiger partial charge in [-0.25, -0.2) is 0 Å². The van der Waals surface area contributed by atoms with Gasteiger partial charge in [0.1, 0.15) is 5.78 Å². The summed E-state index contributed by atoms with van der Waals surface area (Å²) in [5, 5.41) is 0. The van der Waals surface area contributed by atoms with Crippen molar-refractivity contribution in [1.82, 2.24) is 0 Å². The van der Waals surface area contributed by atoms with Crippen molar-refractivity contribution < 1.29 is 4.79 Å². The molecule has 0 aromatic heterocycles.